The highest BCUT2D eigenvalue weighted by atomic mass is 16.6. The van der Waals surface area contributed by atoms with E-state index in [1.54, 1.807) is 0 Å². The average Bonchev–Trinajstić information content (AvgIpc) is 3.48. The third-order valence-electron chi connectivity index (χ3n) is 5.08. The van der Waals surface area contributed by atoms with Crippen LogP contribution in [0.5, 0.6) is 5.75 Å². The van der Waals surface area contributed by atoms with Crippen molar-refractivity contribution in [2.45, 2.75) is 70.5 Å². The van der Waals surface area contributed by atoms with E-state index < -0.39 is 0 Å². The molecule has 2 aliphatic rings. The summed E-state index contributed by atoms with van der Waals surface area (Å²) in [6, 6.07) is 8.53. The first-order valence-corrected chi connectivity index (χ1v) is 9.80. The second-order valence-corrected chi connectivity index (χ2v) is 7.26. The zero-order valence-corrected chi connectivity index (χ0v) is 15.0. The summed E-state index contributed by atoms with van der Waals surface area (Å²) in [5, 5.41) is 0. The first-order valence-electron chi connectivity index (χ1n) is 9.80. The standard InChI is InChI=1S/C21H32O3/c1-2-3-4-5-6-7-10-17-11-8-9-12-20(17)23-14-18(21-16-24-21)13-19-15-22-19/h8-9,11-12,18-19,21H,2-7,10,13-16H2,1H3. The van der Waals surface area contributed by atoms with Gasteiger partial charge in [-0.1, -0.05) is 57.2 Å². The largest absolute Gasteiger partial charge is 0.493 e. The molecule has 3 nitrogen and oxygen atoms in total. The van der Waals surface area contributed by atoms with Gasteiger partial charge in [0.2, 0.25) is 0 Å². The van der Waals surface area contributed by atoms with Gasteiger partial charge >= 0.3 is 0 Å². The van der Waals surface area contributed by atoms with Crippen LogP contribution < -0.4 is 4.74 Å². The normalized spacial score (nSPS) is 23.0. The number of epoxide rings is 2. The van der Waals surface area contributed by atoms with Crippen LogP contribution in [0.1, 0.15) is 57.4 Å². The molecule has 0 bridgehead atoms. The molecule has 0 saturated carbocycles. The molecule has 3 unspecified atom stereocenters. The average molecular weight is 332 g/mol. The lowest BCUT2D eigenvalue weighted by Gasteiger charge is -2.17. The van der Waals surface area contributed by atoms with E-state index >= 15 is 0 Å². The smallest absolute Gasteiger partial charge is 0.122 e. The van der Waals surface area contributed by atoms with Crippen LogP contribution in [0.15, 0.2) is 24.3 Å². The molecular formula is C21H32O3. The summed E-state index contributed by atoms with van der Waals surface area (Å²) in [6.45, 7) is 4.82. The summed E-state index contributed by atoms with van der Waals surface area (Å²) in [7, 11) is 0. The van der Waals surface area contributed by atoms with Crippen molar-refractivity contribution < 1.29 is 14.2 Å². The molecule has 0 aliphatic carbocycles. The third kappa shape index (κ3) is 6.10. The zero-order chi connectivity index (χ0) is 16.6. The molecule has 2 heterocycles. The molecule has 1 aromatic rings. The van der Waals surface area contributed by atoms with E-state index in [0.29, 0.717) is 18.1 Å². The molecule has 3 rings (SSSR count). The molecule has 1 aromatic carbocycles. The van der Waals surface area contributed by atoms with Crippen LogP contribution in [0, 0.1) is 5.92 Å². The predicted octanol–water partition coefficient (Wildman–Crippen LogP) is 4.77. The highest BCUT2D eigenvalue weighted by molar-refractivity contribution is 5.33. The summed E-state index contributed by atoms with van der Waals surface area (Å²) >= 11 is 0. The molecule has 0 radical (unpaired) electrons. The van der Waals surface area contributed by atoms with Gasteiger partial charge in [0.15, 0.2) is 0 Å². The predicted molar refractivity (Wildman–Crippen MR) is 96.6 cm³/mol. The van der Waals surface area contributed by atoms with Gasteiger partial charge in [0.05, 0.1) is 32.0 Å². The van der Waals surface area contributed by atoms with Crippen molar-refractivity contribution in [1.82, 2.24) is 0 Å². The van der Waals surface area contributed by atoms with Crippen LogP contribution in [0.25, 0.3) is 0 Å². The summed E-state index contributed by atoms with van der Waals surface area (Å²) in [6.07, 6.45) is 11.0. The first-order chi connectivity index (χ1) is 11.9. The quantitative estimate of drug-likeness (QED) is 0.385. The van der Waals surface area contributed by atoms with Gasteiger partial charge in [-0.3, -0.25) is 0 Å². The summed E-state index contributed by atoms with van der Waals surface area (Å²) in [4.78, 5) is 0. The van der Waals surface area contributed by atoms with Gasteiger partial charge in [-0.2, -0.15) is 0 Å². The van der Waals surface area contributed by atoms with Crippen LogP contribution in [0.2, 0.25) is 0 Å². The van der Waals surface area contributed by atoms with Gasteiger partial charge in [-0.15, -0.1) is 0 Å². The third-order valence-corrected chi connectivity index (χ3v) is 5.08. The van der Waals surface area contributed by atoms with Gasteiger partial charge in [0.1, 0.15) is 5.75 Å². The van der Waals surface area contributed by atoms with Crippen molar-refractivity contribution in [1.29, 1.82) is 0 Å². The number of benzene rings is 1. The maximum absolute atomic E-state index is 6.19. The summed E-state index contributed by atoms with van der Waals surface area (Å²) in [5.74, 6) is 1.54. The van der Waals surface area contributed by atoms with Crippen molar-refractivity contribution in [2.24, 2.45) is 5.92 Å². The zero-order valence-electron chi connectivity index (χ0n) is 15.0. The fourth-order valence-electron chi connectivity index (χ4n) is 3.34. The molecule has 2 aliphatic heterocycles. The molecule has 2 saturated heterocycles. The Hall–Kier alpha value is -1.06. The molecule has 3 atom stereocenters. The minimum Gasteiger partial charge on any atom is -0.493 e. The second-order valence-electron chi connectivity index (χ2n) is 7.26. The van der Waals surface area contributed by atoms with E-state index in [9.17, 15) is 0 Å². The molecule has 0 spiro atoms. The van der Waals surface area contributed by atoms with E-state index in [-0.39, 0.29) is 0 Å². The Labute approximate surface area is 146 Å². The monoisotopic (exact) mass is 332 g/mol. The van der Waals surface area contributed by atoms with Gasteiger partial charge in [0, 0.05) is 5.92 Å². The topological polar surface area (TPSA) is 34.3 Å². The van der Waals surface area contributed by atoms with Crippen molar-refractivity contribution in [3.8, 4) is 5.75 Å². The molecule has 0 aromatic heterocycles. The molecule has 0 N–H and O–H groups in total. The number of hydrogen-bond donors (Lipinski definition) is 0. The minimum atomic E-state index is 0.389. The SMILES string of the molecule is CCCCCCCCc1ccccc1OCC(CC1CO1)C1CO1. The highest BCUT2D eigenvalue weighted by Gasteiger charge is 2.38. The fourth-order valence-corrected chi connectivity index (χ4v) is 3.34. The molecule has 24 heavy (non-hydrogen) atoms. The van der Waals surface area contributed by atoms with Gasteiger partial charge in [-0.05, 0) is 30.9 Å². The van der Waals surface area contributed by atoms with Crippen molar-refractivity contribution >= 4 is 0 Å². The van der Waals surface area contributed by atoms with Crippen LogP contribution in [0.4, 0.5) is 0 Å². The summed E-state index contributed by atoms with van der Waals surface area (Å²) < 4.78 is 17.1. The lowest BCUT2D eigenvalue weighted by atomic mass is 10.0. The highest BCUT2D eigenvalue weighted by Crippen LogP contribution is 2.30. The molecule has 0 amide bonds. The molecule has 2 fully saturated rings. The molecule has 3 heteroatoms. The Bertz CT molecular complexity index is 480. The minimum absolute atomic E-state index is 0.389. The maximum atomic E-state index is 6.19. The Kier molecular flexibility index (Phi) is 6.98. The molecule has 134 valence electrons. The lowest BCUT2D eigenvalue weighted by Crippen LogP contribution is -2.20. The van der Waals surface area contributed by atoms with E-state index in [1.165, 1.54) is 44.1 Å². The number of hydrogen-bond acceptors (Lipinski definition) is 3. The van der Waals surface area contributed by atoms with E-state index in [1.807, 2.05) is 0 Å². The first kappa shape index (κ1) is 17.8. The maximum Gasteiger partial charge on any atom is 0.122 e. The van der Waals surface area contributed by atoms with Crippen molar-refractivity contribution in [3.63, 3.8) is 0 Å². The van der Waals surface area contributed by atoms with Crippen molar-refractivity contribution in [3.05, 3.63) is 29.8 Å². The number of rotatable bonds is 13. The van der Waals surface area contributed by atoms with Crippen LogP contribution in [0.3, 0.4) is 0 Å². The lowest BCUT2D eigenvalue weighted by molar-refractivity contribution is 0.189. The van der Waals surface area contributed by atoms with E-state index in [4.69, 9.17) is 14.2 Å². The number of ether oxygens (including phenoxy) is 3. The number of aryl methyl sites for hydroxylation is 1. The Morgan fingerprint density at radius 1 is 1.04 bits per heavy atom. The summed E-state index contributed by atoms with van der Waals surface area (Å²) in [5.41, 5.74) is 1.35. The molecular weight excluding hydrogens is 300 g/mol. The van der Waals surface area contributed by atoms with Crippen molar-refractivity contribution in [2.75, 3.05) is 19.8 Å². The van der Waals surface area contributed by atoms with Crippen LogP contribution in [-0.4, -0.2) is 32.0 Å². The number of para-hydroxylation sites is 1. The van der Waals surface area contributed by atoms with Gasteiger partial charge < -0.3 is 14.2 Å². The van der Waals surface area contributed by atoms with Crippen LogP contribution in [-0.2, 0) is 15.9 Å². The fraction of sp³-hybridized carbons (Fsp3) is 0.714. The van der Waals surface area contributed by atoms with E-state index in [2.05, 4.69) is 31.2 Å². The Morgan fingerprint density at radius 3 is 2.54 bits per heavy atom. The Morgan fingerprint density at radius 2 is 1.79 bits per heavy atom. The number of unbranched alkanes of at least 4 members (excludes halogenated alkanes) is 5. The van der Waals surface area contributed by atoms with Gasteiger partial charge in [-0.25, -0.2) is 0 Å². The van der Waals surface area contributed by atoms with Gasteiger partial charge in [0.25, 0.3) is 0 Å². The second kappa shape index (κ2) is 9.43. The van der Waals surface area contributed by atoms with Crippen LogP contribution >= 0.6 is 0 Å². The van der Waals surface area contributed by atoms with E-state index in [0.717, 1.165) is 38.4 Å². The Balaban J connectivity index is 1.42.